The van der Waals surface area contributed by atoms with Crippen LogP contribution in [0.25, 0.3) is 6.08 Å². The third-order valence-electron chi connectivity index (χ3n) is 3.59. The maximum atomic E-state index is 12.3. The predicted molar refractivity (Wildman–Crippen MR) is 115 cm³/mol. The molecule has 1 heterocycles. The Bertz CT molecular complexity index is 979. The lowest BCUT2D eigenvalue weighted by Crippen LogP contribution is -2.19. The van der Waals surface area contributed by atoms with E-state index in [9.17, 15) is 4.79 Å². The van der Waals surface area contributed by atoms with Crippen molar-refractivity contribution in [3.8, 4) is 11.5 Å². The van der Waals surface area contributed by atoms with Gasteiger partial charge in [0.05, 0.1) is 39.3 Å². The van der Waals surface area contributed by atoms with Crippen LogP contribution < -0.4 is 14.8 Å². The van der Waals surface area contributed by atoms with Crippen molar-refractivity contribution in [3.05, 3.63) is 55.3 Å². The molecule has 1 N–H and O–H groups in total. The second kappa shape index (κ2) is 8.56. The molecule has 2 aromatic rings. The van der Waals surface area contributed by atoms with E-state index in [2.05, 4.69) is 26.2 Å². The van der Waals surface area contributed by atoms with Crippen LogP contribution >= 0.6 is 50.9 Å². The number of amidine groups is 1. The number of thioether (sulfide) groups is 1. The monoisotopic (exact) mass is 486 g/mol. The molecule has 0 bridgehead atoms. The summed E-state index contributed by atoms with van der Waals surface area (Å²) in [6.45, 7) is 0. The van der Waals surface area contributed by atoms with E-state index >= 15 is 0 Å². The topological polar surface area (TPSA) is 59.9 Å². The lowest BCUT2D eigenvalue weighted by Gasteiger charge is -2.10. The zero-order valence-corrected chi connectivity index (χ0v) is 18.1. The molecule has 0 saturated carbocycles. The minimum absolute atomic E-state index is 0.258. The van der Waals surface area contributed by atoms with Crippen LogP contribution in [0.1, 0.15) is 5.56 Å². The van der Waals surface area contributed by atoms with E-state index in [1.165, 1.54) is 11.8 Å². The summed E-state index contributed by atoms with van der Waals surface area (Å²) in [7, 11) is 3.13. The van der Waals surface area contributed by atoms with Gasteiger partial charge in [0.1, 0.15) is 11.5 Å². The van der Waals surface area contributed by atoms with Gasteiger partial charge in [-0.25, -0.2) is 4.99 Å². The molecular formula is C18H13BrCl2N2O3S. The van der Waals surface area contributed by atoms with Gasteiger partial charge >= 0.3 is 0 Å². The molecule has 1 fully saturated rings. The summed E-state index contributed by atoms with van der Waals surface area (Å²) in [6, 6.07) is 8.70. The molecule has 1 amide bonds. The summed E-state index contributed by atoms with van der Waals surface area (Å²) in [5.74, 6) is 0.959. The smallest absolute Gasteiger partial charge is 0.264 e. The normalized spacial score (nSPS) is 16.7. The number of rotatable bonds is 4. The van der Waals surface area contributed by atoms with Crippen LogP contribution in [0.3, 0.4) is 0 Å². The Hall–Kier alpha value is -1.67. The highest BCUT2D eigenvalue weighted by molar-refractivity contribution is 9.10. The highest BCUT2D eigenvalue weighted by Crippen LogP contribution is 2.37. The van der Waals surface area contributed by atoms with E-state index in [1.54, 1.807) is 44.6 Å². The van der Waals surface area contributed by atoms with Gasteiger partial charge in [-0.3, -0.25) is 4.79 Å². The largest absolute Gasteiger partial charge is 0.496 e. The first-order valence-electron chi connectivity index (χ1n) is 7.58. The van der Waals surface area contributed by atoms with Crippen molar-refractivity contribution in [1.82, 2.24) is 5.32 Å². The van der Waals surface area contributed by atoms with Crippen LogP contribution in [0.5, 0.6) is 11.5 Å². The van der Waals surface area contributed by atoms with E-state index in [4.69, 9.17) is 32.7 Å². The summed E-state index contributed by atoms with van der Waals surface area (Å²) < 4.78 is 11.4. The van der Waals surface area contributed by atoms with Gasteiger partial charge in [-0.2, -0.15) is 0 Å². The number of benzene rings is 2. The van der Waals surface area contributed by atoms with E-state index in [-0.39, 0.29) is 5.91 Å². The number of hydrogen-bond donors (Lipinski definition) is 1. The Morgan fingerprint density at radius 1 is 1.19 bits per heavy atom. The number of methoxy groups -OCH3 is 2. The third-order valence-corrected chi connectivity index (χ3v) is 5.93. The quantitative estimate of drug-likeness (QED) is 0.565. The van der Waals surface area contributed by atoms with Crippen molar-refractivity contribution in [1.29, 1.82) is 0 Å². The van der Waals surface area contributed by atoms with E-state index in [0.29, 0.717) is 37.3 Å². The molecule has 0 radical (unpaired) electrons. The van der Waals surface area contributed by atoms with Crippen molar-refractivity contribution in [2.24, 2.45) is 4.99 Å². The van der Waals surface area contributed by atoms with Crippen LogP contribution in [0, 0.1) is 0 Å². The lowest BCUT2D eigenvalue weighted by atomic mass is 10.1. The molecular weight excluding hydrogens is 475 g/mol. The SMILES string of the molecule is COc1cc(OC)c(/C=C2\SC(=Nc3cccc(Cl)c3Cl)NC2=O)cc1Br. The lowest BCUT2D eigenvalue weighted by molar-refractivity contribution is -0.115. The zero-order chi connectivity index (χ0) is 19.6. The fourth-order valence-corrected chi connectivity index (χ4v) is 3.99. The summed E-state index contributed by atoms with van der Waals surface area (Å²) in [6.07, 6.45) is 1.73. The second-order valence-corrected chi connectivity index (χ2v) is 7.95. The number of hydrogen-bond acceptors (Lipinski definition) is 5. The summed E-state index contributed by atoms with van der Waals surface area (Å²) in [5, 5.41) is 3.87. The standard InChI is InChI=1S/C18H13BrCl2N2O3S/c1-25-13-8-14(26-2)10(19)6-9(13)7-15-17(24)23-18(27-15)22-12-5-3-4-11(20)16(12)21/h3-8H,1-2H3,(H,22,23,24)/b15-7-. The number of amides is 1. The van der Waals surface area contributed by atoms with E-state index < -0.39 is 0 Å². The van der Waals surface area contributed by atoms with Crippen LogP contribution in [0.2, 0.25) is 10.0 Å². The predicted octanol–water partition coefficient (Wildman–Crippen LogP) is 5.66. The van der Waals surface area contributed by atoms with Gasteiger partial charge < -0.3 is 14.8 Å². The maximum absolute atomic E-state index is 12.3. The van der Waals surface area contributed by atoms with Gasteiger partial charge in [-0.05, 0) is 52.0 Å². The number of halogens is 3. The number of carbonyl (C=O) groups is 1. The Balaban J connectivity index is 1.93. The molecule has 0 atom stereocenters. The molecule has 2 aromatic carbocycles. The number of nitrogens with one attached hydrogen (secondary N) is 1. The van der Waals surface area contributed by atoms with Crippen LogP contribution in [-0.4, -0.2) is 25.3 Å². The van der Waals surface area contributed by atoms with Crippen LogP contribution in [-0.2, 0) is 4.79 Å². The van der Waals surface area contributed by atoms with Crippen molar-refractivity contribution in [3.63, 3.8) is 0 Å². The average Bonchev–Trinajstić information content (AvgIpc) is 2.98. The van der Waals surface area contributed by atoms with Crippen LogP contribution in [0.4, 0.5) is 5.69 Å². The van der Waals surface area contributed by atoms with Crippen molar-refractivity contribution in [2.75, 3.05) is 14.2 Å². The Morgan fingerprint density at radius 3 is 2.63 bits per heavy atom. The first kappa shape index (κ1) is 20.1. The number of carbonyl (C=O) groups excluding carboxylic acids is 1. The highest BCUT2D eigenvalue weighted by atomic mass is 79.9. The molecule has 27 heavy (non-hydrogen) atoms. The third kappa shape index (κ3) is 4.43. The van der Waals surface area contributed by atoms with Gasteiger partial charge in [-0.1, -0.05) is 29.3 Å². The maximum Gasteiger partial charge on any atom is 0.264 e. The Kier molecular flexibility index (Phi) is 6.37. The van der Waals surface area contributed by atoms with Gasteiger partial charge in [0.15, 0.2) is 5.17 Å². The van der Waals surface area contributed by atoms with Gasteiger partial charge in [0, 0.05) is 11.6 Å². The van der Waals surface area contributed by atoms with Gasteiger partial charge in [0.25, 0.3) is 5.91 Å². The zero-order valence-electron chi connectivity index (χ0n) is 14.2. The molecule has 3 rings (SSSR count). The summed E-state index contributed by atoms with van der Waals surface area (Å²) in [5.41, 5.74) is 1.21. The van der Waals surface area contributed by atoms with E-state index in [0.717, 1.165) is 10.0 Å². The molecule has 5 nitrogen and oxygen atoms in total. The molecule has 0 unspecified atom stereocenters. The first-order chi connectivity index (χ1) is 12.9. The number of nitrogens with zero attached hydrogens (tertiary/aromatic N) is 1. The molecule has 1 saturated heterocycles. The molecule has 1 aliphatic heterocycles. The van der Waals surface area contributed by atoms with Crippen molar-refractivity contribution in [2.45, 2.75) is 0 Å². The van der Waals surface area contributed by atoms with Crippen molar-refractivity contribution < 1.29 is 14.3 Å². The fourth-order valence-electron chi connectivity index (χ4n) is 2.31. The number of aliphatic imine (C=N–C) groups is 1. The van der Waals surface area contributed by atoms with Crippen molar-refractivity contribution >= 4 is 73.7 Å². The first-order valence-corrected chi connectivity index (χ1v) is 9.94. The minimum atomic E-state index is -0.258. The van der Waals surface area contributed by atoms with Gasteiger partial charge in [0.2, 0.25) is 0 Å². The molecule has 9 heteroatoms. The van der Waals surface area contributed by atoms with Gasteiger partial charge in [-0.15, -0.1) is 0 Å². The molecule has 140 valence electrons. The summed E-state index contributed by atoms with van der Waals surface area (Å²) >= 11 is 16.8. The highest BCUT2D eigenvalue weighted by Gasteiger charge is 2.25. The second-order valence-electron chi connectivity index (χ2n) is 5.28. The molecule has 0 aliphatic carbocycles. The molecule has 0 spiro atoms. The summed E-state index contributed by atoms with van der Waals surface area (Å²) in [4.78, 5) is 17.2. The average molecular weight is 488 g/mol. The Labute approximate surface area is 178 Å². The fraction of sp³-hybridized carbons (Fsp3) is 0.111. The number of ether oxygens (including phenoxy) is 2. The van der Waals surface area contributed by atoms with Crippen LogP contribution in [0.15, 0.2) is 44.7 Å². The Morgan fingerprint density at radius 2 is 1.93 bits per heavy atom. The minimum Gasteiger partial charge on any atom is -0.496 e. The molecule has 1 aliphatic rings. The molecule has 0 aromatic heterocycles. The van der Waals surface area contributed by atoms with E-state index in [1.807, 2.05) is 6.07 Å².